The molecule has 0 heterocycles. The lowest BCUT2D eigenvalue weighted by Gasteiger charge is -2.03. The van der Waals surface area contributed by atoms with E-state index in [0.717, 1.165) is 5.57 Å². The minimum Gasteiger partial charge on any atom is -0.460 e. The molecule has 0 bridgehead atoms. The van der Waals surface area contributed by atoms with Gasteiger partial charge in [0.1, 0.15) is 18.8 Å². The first-order chi connectivity index (χ1) is 7.10. The van der Waals surface area contributed by atoms with Gasteiger partial charge in [-0.05, 0) is 19.4 Å². The molecule has 3 nitrogen and oxygen atoms in total. The fourth-order valence-corrected chi connectivity index (χ4v) is 0.813. The molecule has 0 aromatic carbocycles. The molecule has 0 fully saturated rings. The van der Waals surface area contributed by atoms with E-state index in [0.29, 0.717) is 0 Å². The molecule has 0 saturated carbocycles. The van der Waals surface area contributed by atoms with Crippen LogP contribution in [0, 0.1) is 0 Å². The summed E-state index contributed by atoms with van der Waals surface area (Å²) >= 11 is 0. The van der Waals surface area contributed by atoms with Crippen LogP contribution in [0.25, 0.3) is 0 Å². The van der Waals surface area contributed by atoms with Gasteiger partial charge in [-0.3, -0.25) is 9.59 Å². The van der Waals surface area contributed by atoms with Gasteiger partial charge in [0.2, 0.25) is 0 Å². The highest BCUT2D eigenvalue weighted by molar-refractivity contribution is 5.94. The Balaban J connectivity index is 4.06. The summed E-state index contributed by atoms with van der Waals surface area (Å²) in [6.45, 7) is 6.99. The maximum atomic E-state index is 11.0. The number of Topliss-reactive ketones (excluding diaryl/α,β-unsaturated/α-hetero) is 1. The van der Waals surface area contributed by atoms with Crippen LogP contribution in [0.5, 0.6) is 0 Å². The molecule has 0 aliphatic carbocycles. The molecule has 15 heavy (non-hydrogen) atoms. The Labute approximate surface area is 90.1 Å². The van der Waals surface area contributed by atoms with Gasteiger partial charge in [0, 0.05) is 0 Å². The number of rotatable bonds is 6. The number of hydrogen-bond acceptors (Lipinski definition) is 3. The summed E-state index contributed by atoms with van der Waals surface area (Å²) in [4.78, 5) is 21.6. The van der Waals surface area contributed by atoms with E-state index in [-0.39, 0.29) is 18.8 Å². The molecular weight excluding hydrogens is 192 g/mol. The second kappa shape index (κ2) is 7.74. The number of hydrogen-bond donors (Lipinski definition) is 0. The van der Waals surface area contributed by atoms with Crippen LogP contribution in [0.4, 0.5) is 0 Å². The topological polar surface area (TPSA) is 43.4 Å². The zero-order valence-corrected chi connectivity index (χ0v) is 9.16. The van der Waals surface area contributed by atoms with Gasteiger partial charge in [0.25, 0.3) is 0 Å². The number of ether oxygens (including phenoxy) is 1. The van der Waals surface area contributed by atoms with Crippen LogP contribution in [0.2, 0.25) is 0 Å². The second-order valence-corrected chi connectivity index (χ2v) is 3.01. The van der Waals surface area contributed by atoms with Gasteiger partial charge in [0.05, 0.1) is 0 Å². The molecule has 0 atom stereocenters. The zero-order valence-electron chi connectivity index (χ0n) is 9.16. The Kier molecular flexibility index (Phi) is 6.89. The van der Waals surface area contributed by atoms with Crippen LogP contribution in [0.1, 0.15) is 20.3 Å². The average Bonchev–Trinajstić information content (AvgIpc) is 2.17. The highest BCUT2D eigenvalue weighted by Gasteiger charge is 2.06. The third kappa shape index (κ3) is 7.43. The number of esters is 1. The quantitative estimate of drug-likeness (QED) is 0.382. The Morgan fingerprint density at radius 2 is 2.07 bits per heavy atom. The maximum Gasteiger partial charge on any atom is 0.313 e. The number of carbonyl (C=O) groups excluding carboxylic acids is 2. The molecule has 0 unspecified atom stereocenters. The van der Waals surface area contributed by atoms with Gasteiger partial charge in [-0.15, -0.1) is 0 Å². The van der Waals surface area contributed by atoms with Crippen molar-refractivity contribution >= 4 is 11.8 Å². The van der Waals surface area contributed by atoms with Crippen molar-refractivity contribution in [1.29, 1.82) is 0 Å². The third-order valence-electron chi connectivity index (χ3n) is 1.56. The molecule has 0 aliphatic heterocycles. The summed E-state index contributed by atoms with van der Waals surface area (Å²) in [6, 6.07) is 0. The van der Waals surface area contributed by atoms with Crippen LogP contribution in [0.3, 0.4) is 0 Å². The largest absolute Gasteiger partial charge is 0.460 e. The first-order valence-corrected chi connectivity index (χ1v) is 4.69. The first-order valence-electron chi connectivity index (χ1n) is 4.69. The van der Waals surface area contributed by atoms with Crippen molar-refractivity contribution in [1.82, 2.24) is 0 Å². The Hall–Kier alpha value is -1.64. The van der Waals surface area contributed by atoms with E-state index in [1.807, 2.05) is 19.1 Å². The number of allylic oxidation sites excluding steroid dienone is 3. The Morgan fingerprint density at radius 1 is 1.40 bits per heavy atom. The Morgan fingerprint density at radius 3 is 2.53 bits per heavy atom. The van der Waals surface area contributed by atoms with Crippen molar-refractivity contribution in [2.24, 2.45) is 0 Å². The molecular formula is C12H16O3. The van der Waals surface area contributed by atoms with E-state index >= 15 is 0 Å². The lowest BCUT2D eigenvalue weighted by atomic mass is 10.2. The molecule has 0 N–H and O–H groups in total. The second-order valence-electron chi connectivity index (χ2n) is 3.01. The van der Waals surface area contributed by atoms with Gasteiger partial charge in [-0.2, -0.15) is 0 Å². The van der Waals surface area contributed by atoms with Crippen LogP contribution in [-0.4, -0.2) is 18.4 Å². The van der Waals surface area contributed by atoms with Crippen molar-refractivity contribution in [3.8, 4) is 0 Å². The van der Waals surface area contributed by atoms with Gasteiger partial charge >= 0.3 is 5.97 Å². The van der Waals surface area contributed by atoms with Crippen LogP contribution >= 0.6 is 0 Å². The van der Waals surface area contributed by atoms with Crippen molar-refractivity contribution in [3.05, 3.63) is 36.5 Å². The SMILES string of the molecule is C=C/C(=C\C=C/C)COC(=O)CC(C)=O. The predicted molar refractivity (Wildman–Crippen MR) is 59.4 cm³/mol. The number of ketones is 1. The van der Waals surface area contributed by atoms with Gasteiger partial charge < -0.3 is 4.74 Å². The fourth-order valence-electron chi connectivity index (χ4n) is 0.813. The molecule has 0 aromatic heterocycles. The minimum atomic E-state index is -0.504. The highest BCUT2D eigenvalue weighted by Crippen LogP contribution is 1.99. The molecule has 0 aromatic rings. The average molecular weight is 208 g/mol. The molecule has 0 rings (SSSR count). The fraction of sp³-hybridized carbons (Fsp3) is 0.333. The minimum absolute atomic E-state index is 0.153. The summed E-state index contributed by atoms with van der Waals surface area (Å²) in [5, 5.41) is 0. The third-order valence-corrected chi connectivity index (χ3v) is 1.56. The Bertz CT molecular complexity index is 298. The summed E-state index contributed by atoms with van der Waals surface area (Å²) in [7, 11) is 0. The van der Waals surface area contributed by atoms with Crippen LogP contribution < -0.4 is 0 Å². The van der Waals surface area contributed by atoms with Gasteiger partial charge in [-0.1, -0.05) is 30.9 Å². The van der Waals surface area contributed by atoms with E-state index in [1.54, 1.807) is 12.2 Å². The van der Waals surface area contributed by atoms with Crippen LogP contribution in [0.15, 0.2) is 36.5 Å². The summed E-state index contributed by atoms with van der Waals surface area (Å²) in [6.07, 6.45) is 6.93. The summed E-state index contributed by atoms with van der Waals surface area (Å²) in [5.41, 5.74) is 0.796. The van der Waals surface area contributed by atoms with Crippen molar-refractivity contribution in [2.75, 3.05) is 6.61 Å². The summed E-state index contributed by atoms with van der Waals surface area (Å²) in [5.74, 6) is -0.701. The van der Waals surface area contributed by atoms with Crippen molar-refractivity contribution < 1.29 is 14.3 Å². The van der Waals surface area contributed by atoms with Gasteiger partial charge in [0.15, 0.2) is 0 Å². The zero-order chi connectivity index (χ0) is 11.7. The summed E-state index contributed by atoms with van der Waals surface area (Å²) < 4.78 is 4.87. The van der Waals surface area contributed by atoms with Crippen molar-refractivity contribution in [3.63, 3.8) is 0 Å². The molecule has 0 amide bonds. The molecule has 0 radical (unpaired) electrons. The standard InChI is InChI=1S/C12H16O3/c1-4-6-7-11(5-2)9-15-12(14)8-10(3)13/h4-7H,2,8-9H2,1,3H3/b6-4-,11-7+. The molecule has 0 aliphatic rings. The lowest BCUT2D eigenvalue weighted by Crippen LogP contribution is -2.10. The number of carbonyl (C=O) groups is 2. The first kappa shape index (κ1) is 13.4. The smallest absolute Gasteiger partial charge is 0.313 e. The van der Waals surface area contributed by atoms with E-state index in [4.69, 9.17) is 4.74 Å². The maximum absolute atomic E-state index is 11.0. The highest BCUT2D eigenvalue weighted by atomic mass is 16.5. The lowest BCUT2D eigenvalue weighted by molar-refractivity contribution is -0.144. The molecule has 0 saturated heterocycles. The van der Waals surface area contributed by atoms with E-state index in [9.17, 15) is 9.59 Å². The van der Waals surface area contributed by atoms with E-state index in [1.165, 1.54) is 6.92 Å². The molecule has 3 heteroatoms. The van der Waals surface area contributed by atoms with Crippen LogP contribution in [-0.2, 0) is 14.3 Å². The monoisotopic (exact) mass is 208 g/mol. The normalized spacial score (nSPS) is 11.5. The van der Waals surface area contributed by atoms with E-state index in [2.05, 4.69) is 6.58 Å². The predicted octanol–water partition coefficient (Wildman–Crippen LogP) is 2.20. The molecule has 82 valence electrons. The van der Waals surface area contributed by atoms with Crippen molar-refractivity contribution in [2.45, 2.75) is 20.3 Å². The van der Waals surface area contributed by atoms with E-state index < -0.39 is 5.97 Å². The van der Waals surface area contributed by atoms with Gasteiger partial charge in [-0.25, -0.2) is 0 Å². The molecule has 0 spiro atoms.